The average Bonchev–Trinajstić information content (AvgIpc) is 3.05. The maximum absolute atomic E-state index is 2.60. The van der Waals surface area contributed by atoms with Gasteiger partial charge in [-0.3, -0.25) is 0 Å². The lowest BCUT2D eigenvalue weighted by Crippen LogP contribution is -2.25. The number of fused-ring (bicyclic) bond motifs is 4. The summed E-state index contributed by atoms with van der Waals surface area (Å²) in [4.78, 5) is 0. The van der Waals surface area contributed by atoms with Crippen molar-refractivity contribution in [3.63, 3.8) is 0 Å². The quantitative estimate of drug-likeness (QED) is 0.592. The molecule has 0 aromatic rings. The van der Waals surface area contributed by atoms with E-state index in [2.05, 4.69) is 60.8 Å². The van der Waals surface area contributed by atoms with Crippen LogP contribution in [0.25, 0.3) is 0 Å². The Morgan fingerprint density at radius 2 is 1.67 bits per heavy atom. The number of hydrogen-bond acceptors (Lipinski definition) is 0. The summed E-state index contributed by atoms with van der Waals surface area (Å²) >= 11 is 0. The van der Waals surface area contributed by atoms with Crippen LogP contribution in [0.1, 0.15) is 6.42 Å². The lowest BCUT2D eigenvalue weighted by molar-refractivity contribution is 0.354. The fourth-order valence-corrected chi connectivity index (χ4v) is 4.69. The van der Waals surface area contributed by atoms with Gasteiger partial charge in [0.25, 0.3) is 0 Å². The van der Waals surface area contributed by atoms with Crippen molar-refractivity contribution >= 4 is 0 Å². The molecule has 0 amide bonds. The summed E-state index contributed by atoms with van der Waals surface area (Å²) in [6.45, 7) is 0. The van der Waals surface area contributed by atoms with Gasteiger partial charge in [-0.2, -0.15) is 0 Å². The Labute approximate surface area is 108 Å². The standard InChI is InChI=1S/C18H16/c1-3-7-14-12(5-1)9-16-15-8-4-2-6-13(15)10-18(16)11-17(14)18/h1-10,14-17H,11H2. The van der Waals surface area contributed by atoms with Crippen molar-refractivity contribution in [2.24, 2.45) is 29.1 Å². The third-order valence-corrected chi connectivity index (χ3v) is 5.56. The summed E-state index contributed by atoms with van der Waals surface area (Å²) in [5.74, 6) is 2.92. The van der Waals surface area contributed by atoms with Crippen LogP contribution in [-0.2, 0) is 0 Å². The second-order valence-corrected chi connectivity index (χ2v) is 6.30. The van der Waals surface area contributed by atoms with Gasteiger partial charge in [-0.1, -0.05) is 60.8 Å². The molecule has 0 radical (unpaired) electrons. The van der Waals surface area contributed by atoms with Crippen LogP contribution in [0.5, 0.6) is 0 Å². The molecule has 0 bridgehead atoms. The van der Waals surface area contributed by atoms with Gasteiger partial charge in [-0.15, -0.1) is 0 Å². The van der Waals surface area contributed by atoms with Crippen LogP contribution < -0.4 is 0 Å². The summed E-state index contributed by atoms with van der Waals surface area (Å²) in [7, 11) is 0. The van der Waals surface area contributed by atoms with Crippen molar-refractivity contribution in [2.45, 2.75) is 6.42 Å². The van der Waals surface area contributed by atoms with Crippen molar-refractivity contribution in [1.82, 2.24) is 0 Å². The minimum atomic E-state index is 0.503. The largest absolute Gasteiger partial charge is 0.0767 e. The minimum Gasteiger partial charge on any atom is -0.0767 e. The summed E-state index contributed by atoms with van der Waals surface area (Å²) < 4.78 is 0. The Morgan fingerprint density at radius 3 is 2.56 bits per heavy atom. The second kappa shape index (κ2) is 2.88. The van der Waals surface area contributed by atoms with Crippen LogP contribution in [-0.4, -0.2) is 0 Å². The summed E-state index contributed by atoms with van der Waals surface area (Å²) in [5, 5.41) is 0. The van der Waals surface area contributed by atoms with Crippen LogP contribution >= 0.6 is 0 Å². The highest BCUT2D eigenvalue weighted by Crippen LogP contribution is 2.72. The molecule has 18 heavy (non-hydrogen) atoms. The van der Waals surface area contributed by atoms with E-state index < -0.39 is 0 Å². The molecule has 0 aromatic heterocycles. The van der Waals surface area contributed by atoms with Gasteiger partial charge in [0, 0.05) is 17.3 Å². The fourth-order valence-electron chi connectivity index (χ4n) is 4.69. The van der Waals surface area contributed by atoms with Gasteiger partial charge < -0.3 is 0 Å². The Morgan fingerprint density at radius 1 is 0.889 bits per heavy atom. The third-order valence-electron chi connectivity index (χ3n) is 5.56. The zero-order valence-electron chi connectivity index (χ0n) is 10.3. The molecule has 5 rings (SSSR count). The lowest BCUT2D eigenvalue weighted by atomic mass is 9.72. The summed E-state index contributed by atoms with van der Waals surface area (Å²) in [6, 6.07) is 0. The van der Waals surface area contributed by atoms with E-state index in [1.165, 1.54) is 6.42 Å². The summed E-state index contributed by atoms with van der Waals surface area (Å²) in [5.41, 5.74) is 3.63. The molecule has 88 valence electrons. The van der Waals surface area contributed by atoms with E-state index in [-0.39, 0.29) is 0 Å². The van der Waals surface area contributed by atoms with Gasteiger partial charge in [0.05, 0.1) is 0 Å². The van der Waals surface area contributed by atoms with Gasteiger partial charge in [0.2, 0.25) is 0 Å². The smallest absolute Gasteiger partial charge is 0.00896 e. The van der Waals surface area contributed by atoms with E-state index in [0.29, 0.717) is 17.3 Å². The van der Waals surface area contributed by atoms with E-state index in [0.717, 1.165) is 11.8 Å². The SMILES string of the molecule is C1=CC2=CC34CC3C3C=CC=CC3=CC4C2C=C1. The second-order valence-electron chi connectivity index (χ2n) is 6.30. The zero-order valence-corrected chi connectivity index (χ0v) is 10.3. The lowest BCUT2D eigenvalue weighted by Gasteiger charge is -2.32. The van der Waals surface area contributed by atoms with Gasteiger partial charge in [-0.25, -0.2) is 0 Å². The Kier molecular flexibility index (Phi) is 1.50. The highest BCUT2D eigenvalue weighted by atomic mass is 14.7. The normalized spacial score (nSPS) is 48.9. The molecule has 1 fully saturated rings. The Balaban J connectivity index is 1.68. The zero-order chi connectivity index (χ0) is 11.7. The molecule has 0 aliphatic heterocycles. The third kappa shape index (κ3) is 0.949. The Bertz CT molecular complexity index is 608. The predicted octanol–water partition coefficient (Wildman–Crippen LogP) is 3.97. The van der Waals surface area contributed by atoms with Crippen LogP contribution in [0.4, 0.5) is 0 Å². The molecule has 0 heterocycles. The van der Waals surface area contributed by atoms with Crippen molar-refractivity contribution in [2.75, 3.05) is 0 Å². The molecule has 0 nitrogen and oxygen atoms in total. The van der Waals surface area contributed by atoms with E-state index in [9.17, 15) is 0 Å². The van der Waals surface area contributed by atoms with Crippen molar-refractivity contribution < 1.29 is 0 Å². The molecule has 1 spiro atoms. The van der Waals surface area contributed by atoms with E-state index in [4.69, 9.17) is 0 Å². The maximum atomic E-state index is 2.60. The number of hydrogen-bond donors (Lipinski definition) is 0. The first kappa shape index (κ1) is 9.38. The molecule has 5 aliphatic rings. The van der Waals surface area contributed by atoms with Gasteiger partial charge in [0.15, 0.2) is 0 Å². The van der Waals surface area contributed by atoms with E-state index in [1.807, 2.05) is 0 Å². The molecule has 5 atom stereocenters. The molecule has 5 aliphatic carbocycles. The maximum Gasteiger partial charge on any atom is 0.00896 e. The monoisotopic (exact) mass is 232 g/mol. The average molecular weight is 232 g/mol. The van der Waals surface area contributed by atoms with Crippen molar-refractivity contribution in [3.05, 3.63) is 71.9 Å². The molecule has 0 heteroatoms. The fraction of sp³-hybridized carbons (Fsp3) is 0.333. The van der Waals surface area contributed by atoms with Crippen LogP contribution in [0.15, 0.2) is 71.9 Å². The first-order valence-electron chi connectivity index (χ1n) is 7.03. The number of rotatable bonds is 0. The minimum absolute atomic E-state index is 0.503. The van der Waals surface area contributed by atoms with Gasteiger partial charge in [-0.05, 0) is 29.4 Å². The molecule has 0 saturated heterocycles. The highest BCUT2D eigenvalue weighted by Gasteiger charge is 2.65. The molecule has 0 aromatic carbocycles. The molecule has 0 N–H and O–H groups in total. The highest BCUT2D eigenvalue weighted by molar-refractivity contribution is 5.51. The topological polar surface area (TPSA) is 0 Å². The van der Waals surface area contributed by atoms with Crippen LogP contribution in [0.3, 0.4) is 0 Å². The van der Waals surface area contributed by atoms with E-state index in [1.54, 1.807) is 11.1 Å². The van der Waals surface area contributed by atoms with Crippen molar-refractivity contribution in [1.29, 1.82) is 0 Å². The van der Waals surface area contributed by atoms with Crippen LogP contribution in [0.2, 0.25) is 0 Å². The summed E-state index contributed by atoms with van der Waals surface area (Å²) in [6.07, 6.45) is 24.9. The molecule has 5 unspecified atom stereocenters. The van der Waals surface area contributed by atoms with Crippen LogP contribution in [0, 0.1) is 29.1 Å². The molecule has 1 saturated carbocycles. The number of allylic oxidation sites excluding steroid dienone is 12. The molecular formula is C18H16. The van der Waals surface area contributed by atoms with Gasteiger partial charge >= 0.3 is 0 Å². The van der Waals surface area contributed by atoms with Gasteiger partial charge in [0.1, 0.15) is 0 Å². The molecular weight excluding hydrogens is 216 g/mol. The van der Waals surface area contributed by atoms with Crippen molar-refractivity contribution in [3.8, 4) is 0 Å². The van der Waals surface area contributed by atoms with E-state index >= 15 is 0 Å². The predicted molar refractivity (Wildman–Crippen MR) is 73.7 cm³/mol. The first-order valence-corrected chi connectivity index (χ1v) is 7.03. The first-order chi connectivity index (χ1) is 8.88. The Hall–Kier alpha value is -1.56.